The van der Waals surface area contributed by atoms with Crippen molar-refractivity contribution in [1.29, 1.82) is 0 Å². The Hall–Kier alpha value is -1.78. The van der Waals surface area contributed by atoms with Gasteiger partial charge >= 0.3 is 6.36 Å². The lowest BCUT2D eigenvalue weighted by Gasteiger charge is -2.49. The summed E-state index contributed by atoms with van der Waals surface area (Å²) in [6, 6.07) is 3.95. The van der Waals surface area contributed by atoms with E-state index in [9.17, 15) is 18.0 Å². The number of thioether (sulfide) groups is 1. The minimum absolute atomic E-state index is 0.283. The number of nitrogens with zero attached hydrogens (tertiary/aromatic N) is 2. The number of aliphatic imine (C=N–C) groups is 1. The highest BCUT2D eigenvalue weighted by Crippen LogP contribution is 2.46. The highest BCUT2D eigenvalue weighted by atomic mass is 32.2. The number of fused-ring (bicyclic) bond motifs is 2. The molecule has 140 valence electrons. The molecular formula is C16H16F3N3O3S. The van der Waals surface area contributed by atoms with Gasteiger partial charge < -0.3 is 9.47 Å². The molecule has 1 unspecified atom stereocenters. The maximum atomic E-state index is 12.8. The smallest absolute Gasteiger partial charge is 0.406 e. The van der Waals surface area contributed by atoms with Crippen LogP contribution in [-0.2, 0) is 9.53 Å². The summed E-state index contributed by atoms with van der Waals surface area (Å²) in [6.45, 7) is 1.06. The summed E-state index contributed by atoms with van der Waals surface area (Å²) in [4.78, 5) is 17.8. The summed E-state index contributed by atoms with van der Waals surface area (Å²) < 4.78 is 46.6. The molecule has 0 bridgehead atoms. The molecule has 2 saturated heterocycles. The lowest BCUT2D eigenvalue weighted by Crippen LogP contribution is -2.66. The molecule has 26 heavy (non-hydrogen) atoms. The van der Waals surface area contributed by atoms with Crippen molar-refractivity contribution in [3.05, 3.63) is 18.2 Å². The van der Waals surface area contributed by atoms with Crippen LogP contribution < -0.4 is 10.6 Å². The molecule has 2 N–H and O–H groups in total. The normalized spacial score (nSPS) is 24.8. The van der Waals surface area contributed by atoms with Crippen LogP contribution in [0.2, 0.25) is 0 Å². The van der Waals surface area contributed by atoms with E-state index in [-0.39, 0.29) is 11.7 Å². The van der Waals surface area contributed by atoms with E-state index < -0.39 is 17.2 Å². The second kappa shape index (κ2) is 6.14. The Morgan fingerprint density at radius 1 is 1.35 bits per heavy atom. The van der Waals surface area contributed by atoms with Crippen molar-refractivity contribution < 1.29 is 27.4 Å². The fourth-order valence-electron chi connectivity index (χ4n) is 3.56. The van der Waals surface area contributed by atoms with E-state index >= 15 is 0 Å². The van der Waals surface area contributed by atoms with Gasteiger partial charge in [0.05, 0.1) is 11.2 Å². The van der Waals surface area contributed by atoms with Crippen molar-refractivity contribution in [2.75, 3.05) is 13.2 Å². The number of ether oxygens (including phenoxy) is 2. The van der Waals surface area contributed by atoms with E-state index in [1.165, 1.54) is 23.2 Å². The lowest BCUT2D eigenvalue weighted by molar-refractivity contribution is -0.274. The first-order chi connectivity index (χ1) is 12.3. The Morgan fingerprint density at radius 2 is 2.08 bits per heavy atom. The molecule has 10 heteroatoms. The summed E-state index contributed by atoms with van der Waals surface area (Å²) in [7, 11) is 0. The molecule has 1 amide bonds. The fraction of sp³-hybridized carbons (Fsp3) is 0.500. The van der Waals surface area contributed by atoms with Crippen LogP contribution >= 0.6 is 11.8 Å². The van der Waals surface area contributed by atoms with Crippen LogP contribution in [0.25, 0.3) is 0 Å². The number of amides is 1. The molecular weight excluding hydrogens is 371 g/mol. The number of carbonyl (C=O) groups is 1. The van der Waals surface area contributed by atoms with Gasteiger partial charge in [-0.3, -0.25) is 14.8 Å². The number of nitrogens with two attached hydrogens (primary N) is 1. The minimum atomic E-state index is -4.77. The van der Waals surface area contributed by atoms with Crippen LogP contribution in [0.4, 0.5) is 18.9 Å². The predicted molar refractivity (Wildman–Crippen MR) is 88.3 cm³/mol. The van der Waals surface area contributed by atoms with Crippen molar-refractivity contribution in [1.82, 2.24) is 5.01 Å². The third-order valence-electron chi connectivity index (χ3n) is 4.88. The van der Waals surface area contributed by atoms with Crippen molar-refractivity contribution in [3.8, 4) is 5.75 Å². The molecule has 2 fully saturated rings. The van der Waals surface area contributed by atoms with Crippen LogP contribution in [0, 0.1) is 0 Å². The first kappa shape index (κ1) is 17.6. The van der Waals surface area contributed by atoms with E-state index in [0.717, 1.165) is 11.8 Å². The number of hydrogen-bond donors (Lipinski definition) is 1. The highest BCUT2D eigenvalue weighted by molar-refractivity contribution is 8.01. The summed E-state index contributed by atoms with van der Waals surface area (Å²) in [5.74, 6) is 5.49. The summed E-state index contributed by atoms with van der Waals surface area (Å²) in [5.41, 5.74) is 0.749. The number of benzene rings is 1. The number of carbonyl (C=O) groups excluding carboxylic acids is 1. The standard InChI is InChI=1S/C16H16F3N3O3S/c17-16(18,19)25-9-1-2-10-12(7-9)26-13-11(21-10)8-15(22(20)14(13)23)3-5-24-6-4-15/h1-2,7,13H,3-6,8,20H2. The number of alkyl halides is 3. The maximum Gasteiger partial charge on any atom is 0.573 e. The van der Waals surface area contributed by atoms with Gasteiger partial charge in [0.2, 0.25) is 0 Å². The molecule has 3 aliphatic rings. The van der Waals surface area contributed by atoms with Gasteiger partial charge in [-0.1, -0.05) is 0 Å². The van der Waals surface area contributed by atoms with E-state index in [2.05, 4.69) is 9.73 Å². The van der Waals surface area contributed by atoms with Gasteiger partial charge in [0, 0.05) is 30.2 Å². The van der Waals surface area contributed by atoms with Gasteiger partial charge in [0.25, 0.3) is 5.91 Å². The second-order valence-corrected chi connectivity index (χ2v) is 7.65. The van der Waals surface area contributed by atoms with E-state index in [1.807, 2.05) is 0 Å². The third kappa shape index (κ3) is 3.06. The molecule has 0 aliphatic carbocycles. The van der Waals surface area contributed by atoms with Crippen LogP contribution in [0.5, 0.6) is 5.75 Å². The number of rotatable bonds is 1. The van der Waals surface area contributed by atoms with Crippen molar-refractivity contribution in [2.45, 2.75) is 41.3 Å². The van der Waals surface area contributed by atoms with Crippen molar-refractivity contribution in [3.63, 3.8) is 0 Å². The van der Waals surface area contributed by atoms with Gasteiger partial charge in [-0.25, -0.2) is 5.84 Å². The molecule has 4 rings (SSSR count). The Bertz CT molecular complexity index is 778. The molecule has 6 nitrogen and oxygen atoms in total. The highest BCUT2D eigenvalue weighted by Gasteiger charge is 2.50. The molecule has 3 aliphatic heterocycles. The van der Waals surface area contributed by atoms with Gasteiger partial charge in [0.1, 0.15) is 11.0 Å². The third-order valence-corrected chi connectivity index (χ3v) is 6.17. The largest absolute Gasteiger partial charge is 0.573 e. The Labute approximate surface area is 151 Å². The van der Waals surface area contributed by atoms with Gasteiger partial charge in [-0.15, -0.1) is 24.9 Å². The van der Waals surface area contributed by atoms with Crippen LogP contribution in [0.15, 0.2) is 28.1 Å². The number of hydrazine groups is 1. The topological polar surface area (TPSA) is 77.2 Å². The molecule has 1 aromatic carbocycles. The first-order valence-corrected chi connectivity index (χ1v) is 8.96. The lowest BCUT2D eigenvalue weighted by atomic mass is 9.80. The van der Waals surface area contributed by atoms with Crippen molar-refractivity contribution >= 4 is 29.1 Å². The SMILES string of the molecule is NN1C(=O)C2Sc3cc(OC(F)(F)F)ccc3N=C2CC12CCOCC2. The number of piperidine rings is 1. The Kier molecular flexibility index (Phi) is 4.16. The zero-order chi connectivity index (χ0) is 18.5. The number of halogens is 3. The van der Waals surface area contributed by atoms with Crippen molar-refractivity contribution in [2.24, 2.45) is 10.8 Å². The molecule has 1 aromatic rings. The average molecular weight is 387 g/mol. The molecule has 0 aromatic heterocycles. The monoisotopic (exact) mass is 387 g/mol. The van der Waals surface area contributed by atoms with E-state index in [1.54, 1.807) is 0 Å². The summed E-state index contributed by atoms with van der Waals surface area (Å²) in [6.07, 6.45) is -2.96. The van der Waals surface area contributed by atoms with Crippen LogP contribution in [-0.4, -0.2) is 47.0 Å². The Balaban J connectivity index is 1.66. The predicted octanol–water partition coefficient (Wildman–Crippen LogP) is 2.79. The zero-order valence-electron chi connectivity index (χ0n) is 13.6. The summed E-state index contributed by atoms with van der Waals surface area (Å²) >= 11 is 1.16. The average Bonchev–Trinajstić information content (AvgIpc) is 2.58. The van der Waals surface area contributed by atoms with E-state index in [4.69, 9.17) is 10.6 Å². The zero-order valence-corrected chi connectivity index (χ0v) is 14.4. The quantitative estimate of drug-likeness (QED) is 0.592. The van der Waals surface area contributed by atoms with Gasteiger partial charge in [-0.05, 0) is 31.0 Å². The molecule has 0 saturated carbocycles. The molecule has 1 spiro atoms. The molecule has 3 heterocycles. The van der Waals surface area contributed by atoms with Gasteiger partial charge in [0.15, 0.2) is 0 Å². The van der Waals surface area contributed by atoms with Gasteiger partial charge in [-0.2, -0.15) is 0 Å². The first-order valence-electron chi connectivity index (χ1n) is 8.08. The van der Waals surface area contributed by atoms with E-state index in [0.29, 0.717) is 48.8 Å². The van der Waals surface area contributed by atoms with Crippen LogP contribution in [0.3, 0.4) is 0 Å². The number of hydrogen-bond acceptors (Lipinski definition) is 6. The second-order valence-electron chi connectivity index (χ2n) is 6.50. The summed E-state index contributed by atoms with van der Waals surface area (Å²) in [5, 5.41) is 0.662. The maximum absolute atomic E-state index is 12.8. The minimum Gasteiger partial charge on any atom is -0.406 e. The molecule has 0 radical (unpaired) electrons. The van der Waals surface area contributed by atoms with Crippen LogP contribution in [0.1, 0.15) is 19.3 Å². The Morgan fingerprint density at radius 3 is 2.77 bits per heavy atom. The molecule has 1 atom stereocenters. The fourth-order valence-corrected chi connectivity index (χ4v) is 4.72.